The predicted molar refractivity (Wildman–Crippen MR) is 99.7 cm³/mol. The van der Waals surface area contributed by atoms with Crippen molar-refractivity contribution in [3.8, 4) is 0 Å². The molecule has 5 heteroatoms. The summed E-state index contributed by atoms with van der Waals surface area (Å²) in [5.41, 5.74) is 3.88. The van der Waals surface area contributed by atoms with Crippen LogP contribution in [0, 0.1) is 6.92 Å². The van der Waals surface area contributed by atoms with Crippen LogP contribution in [0.15, 0.2) is 42.5 Å². The van der Waals surface area contributed by atoms with Gasteiger partial charge in [-0.1, -0.05) is 41.9 Å². The maximum Gasteiger partial charge on any atom is 0.226 e. The molecule has 0 saturated carbocycles. The monoisotopic (exact) mass is 356 g/mol. The molecule has 3 rings (SSSR count). The van der Waals surface area contributed by atoms with Gasteiger partial charge in [-0.25, -0.2) is 0 Å². The summed E-state index contributed by atoms with van der Waals surface area (Å²) in [4.78, 5) is 26.4. The number of halogens is 1. The first-order chi connectivity index (χ1) is 12.0. The molecule has 0 fully saturated rings. The van der Waals surface area contributed by atoms with Gasteiger partial charge in [0.05, 0.1) is 23.2 Å². The summed E-state index contributed by atoms with van der Waals surface area (Å²) >= 11 is 6.20. The summed E-state index contributed by atoms with van der Waals surface area (Å²) in [5, 5.41) is 3.38. The maximum absolute atomic E-state index is 12.6. The zero-order valence-electron chi connectivity index (χ0n) is 14.4. The van der Waals surface area contributed by atoms with E-state index in [1.165, 1.54) is 5.56 Å². The maximum atomic E-state index is 12.6. The molecule has 1 unspecified atom stereocenters. The lowest BCUT2D eigenvalue weighted by Gasteiger charge is -2.36. The largest absolute Gasteiger partial charge is 0.335 e. The van der Waals surface area contributed by atoms with Crippen molar-refractivity contribution in [2.75, 3.05) is 11.9 Å². The second kappa shape index (κ2) is 7.28. The van der Waals surface area contributed by atoms with Crippen LogP contribution in [0.25, 0.3) is 0 Å². The second-order valence-electron chi connectivity index (χ2n) is 6.41. The number of rotatable bonds is 3. The molecular weight excluding hydrogens is 336 g/mol. The number of amides is 2. The van der Waals surface area contributed by atoms with Gasteiger partial charge in [0.15, 0.2) is 0 Å². The molecule has 4 nitrogen and oxygen atoms in total. The molecule has 130 valence electrons. The number of hydrogen-bond donors (Lipinski definition) is 1. The minimum Gasteiger partial charge on any atom is -0.335 e. The number of nitrogens with one attached hydrogen (secondary N) is 1. The van der Waals surface area contributed by atoms with Gasteiger partial charge in [-0.15, -0.1) is 0 Å². The molecule has 0 spiro atoms. The molecular formula is C20H21ClN2O2. The van der Waals surface area contributed by atoms with Gasteiger partial charge in [0.25, 0.3) is 0 Å². The Kier molecular flexibility index (Phi) is 5.09. The number of hydrogen-bond acceptors (Lipinski definition) is 2. The van der Waals surface area contributed by atoms with Gasteiger partial charge in [-0.05, 0) is 42.2 Å². The van der Waals surface area contributed by atoms with Crippen LogP contribution in [-0.4, -0.2) is 23.3 Å². The van der Waals surface area contributed by atoms with Crippen molar-refractivity contribution in [1.82, 2.24) is 4.90 Å². The summed E-state index contributed by atoms with van der Waals surface area (Å²) in [7, 11) is 0. The van der Waals surface area contributed by atoms with Gasteiger partial charge >= 0.3 is 0 Å². The molecule has 0 bridgehead atoms. The molecule has 0 aliphatic carbocycles. The Balaban J connectivity index is 1.81. The van der Waals surface area contributed by atoms with E-state index in [0.29, 0.717) is 17.3 Å². The summed E-state index contributed by atoms with van der Waals surface area (Å²) in [6.45, 7) is 4.13. The van der Waals surface area contributed by atoms with Crippen molar-refractivity contribution in [1.29, 1.82) is 0 Å². The number of benzene rings is 2. The normalized spacial score (nSPS) is 16.3. The Morgan fingerprint density at radius 2 is 2.00 bits per heavy atom. The first-order valence-corrected chi connectivity index (χ1v) is 8.74. The number of carbonyl (C=O) groups excluding carboxylic acids is 2. The van der Waals surface area contributed by atoms with E-state index in [4.69, 9.17) is 11.6 Å². The number of carbonyl (C=O) groups is 2. The van der Waals surface area contributed by atoms with Crippen LogP contribution in [-0.2, 0) is 16.0 Å². The van der Waals surface area contributed by atoms with E-state index >= 15 is 0 Å². The Morgan fingerprint density at radius 1 is 1.24 bits per heavy atom. The standard InChI is InChI=1S/C20H21ClN2O2/c1-13-7-8-18(17(21)11-13)22-20(25)12-19-16-6-4-3-5-15(16)9-10-23(19)14(2)24/h3-8,11,19H,9-10,12H2,1-2H3,(H,22,25). The summed E-state index contributed by atoms with van der Waals surface area (Å²) in [6.07, 6.45) is 1.03. The van der Waals surface area contributed by atoms with Gasteiger partial charge in [0.1, 0.15) is 0 Å². The molecule has 0 aromatic heterocycles. The van der Waals surface area contributed by atoms with E-state index < -0.39 is 0 Å². The van der Waals surface area contributed by atoms with Crippen molar-refractivity contribution >= 4 is 29.1 Å². The van der Waals surface area contributed by atoms with Gasteiger partial charge in [-0.2, -0.15) is 0 Å². The second-order valence-corrected chi connectivity index (χ2v) is 6.82. The van der Waals surface area contributed by atoms with E-state index in [-0.39, 0.29) is 24.3 Å². The first kappa shape index (κ1) is 17.5. The van der Waals surface area contributed by atoms with Crippen molar-refractivity contribution in [2.45, 2.75) is 32.7 Å². The highest BCUT2D eigenvalue weighted by Gasteiger charge is 2.30. The molecule has 0 saturated heterocycles. The number of aryl methyl sites for hydroxylation is 1. The zero-order chi connectivity index (χ0) is 18.0. The lowest BCUT2D eigenvalue weighted by molar-refractivity contribution is -0.132. The Hall–Kier alpha value is -2.33. The minimum absolute atomic E-state index is 0.0133. The smallest absolute Gasteiger partial charge is 0.226 e. The Labute approximate surface area is 152 Å². The van der Waals surface area contributed by atoms with Gasteiger partial charge in [0, 0.05) is 13.5 Å². The molecule has 1 aliphatic rings. The quantitative estimate of drug-likeness (QED) is 0.899. The van der Waals surface area contributed by atoms with E-state index in [9.17, 15) is 9.59 Å². The minimum atomic E-state index is -0.244. The van der Waals surface area contributed by atoms with Crippen LogP contribution in [0.5, 0.6) is 0 Å². The molecule has 1 atom stereocenters. The van der Waals surface area contributed by atoms with E-state index in [1.807, 2.05) is 37.3 Å². The highest BCUT2D eigenvalue weighted by Crippen LogP contribution is 2.33. The summed E-state index contributed by atoms with van der Waals surface area (Å²) in [6, 6.07) is 13.3. The lowest BCUT2D eigenvalue weighted by Crippen LogP contribution is -2.40. The zero-order valence-corrected chi connectivity index (χ0v) is 15.1. The van der Waals surface area contributed by atoms with Gasteiger partial charge in [0.2, 0.25) is 11.8 Å². The number of fused-ring (bicyclic) bond motifs is 1. The molecule has 1 heterocycles. The Bertz CT molecular complexity index is 819. The topological polar surface area (TPSA) is 49.4 Å². The average molecular weight is 357 g/mol. The van der Waals surface area contributed by atoms with Crippen molar-refractivity contribution in [3.05, 3.63) is 64.2 Å². The fourth-order valence-corrected chi connectivity index (χ4v) is 3.63. The van der Waals surface area contributed by atoms with Crippen LogP contribution in [0.4, 0.5) is 5.69 Å². The predicted octanol–water partition coefficient (Wildman–Crippen LogP) is 4.12. The van der Waals surface area contributed by atoms with Gasteiger partial charge in [-0.3, -0.25) is 9.59 Å². The fourth-order valence-electron chi connectivity index (χ4n) is 3.35. The van der Waals surface area contributed by atoms with Crippen molar-refractivity contribution in [2.24, 2.45) is 0 Å². The van der Waals surface area contributed by atoms with Crippen LogP contribution in [0.3, 0.4) is 0 Å². The number of nitrogens with zero attached hydrogens (tertiary/aromatic N) is 1. The van der Waals surface area contributed by atoms with Crippen LogP contribution >= 0.6 is 11.6 Å². The molecule has 25 heavy (non-hydrogen) atoms. The first-order valence-electron chi connectivity index (χ1n) is 8.36. The van der Waals surface area contributed by atoms with E-state index in [1.54, 1.807) is 17.9 Å². The number of anilines is 1. The SMILES string of the molecule is CC(=O)N1CCc2ccccc2C1CC(=O)Nc1ccc(C)cc1Cl. The van der Waals surface area contributed by atoms with Gasteiger partial charge < -0.3 is 10.2 Å². The summed E-state index contributed by atoms with van der Waals surface area (Å²) in [5.74, 6) is -0.167. The van der Waals surface area contributed by atoms with E-state index in [2.05, 4.69) is 11.4 Å². The fraction of sp³-hybridized carbons (Fsp3) is 0.300. The third-order valence-electron chi connectivity index (χ3n) is 4.59. The van der Waals surface area contributed by atoms with Crippen LogP contribution in [0.2, 0.25) is 5.02 Å². The third-order valence-corrected chi connectivity index (χ3v) is 4.91. The molecule has 2 aromatic carbocycles. The van der Waals surface area contributed by atoms with Crippen molar-refractivity contribution in [3.63, 3.8) is 0 Å². The highest BCUT2D eigenvalue weighted by atomic mass is 35.5. The van der Waals surface area contributed by atoms with Crippen LogP contribution < -0.4 is 5.32 Å². The average Bonchev–Trinajstić information content (AvgIpc) is 2.57. The van der Waals surface area contributed by atoms with Crippen molar-refractivity contribution < 1.29 is 9.59 Å². The van der Waals surface area contributed by atoms with Crippen LogP contribution in [0.1, 0.15) is 36.1 Å². The molecule has 2 aromatic rings. The third kappa shape index (κ3) is 3.85. The lowest BCUT2D eigenvalue weighted by atomic mass is 9.90. The molecule has 2 amide bonds. The summed E-state index contributed by atoms with van der Waals surface area (Å²) < 4.78 is 0. The highest BCUT2D eigenvalue weighted by molar-refractivity contribution is 6.33. The Morgan fingerprint density at radius 3 is 2.72 bits per heavy atom. The molecule has 1 N–H and O–H groups in total. The molecule has 0 radical (unpaired) electrons. The van der Waals surface area contributed by atoms with E-state index in [0.717, 1.165) is 17.5 Å². The molecule has 1 aliphatic heterocycles.